The van der Waals surface area contributed by atoms with Crippen LogP contribution in [0.5, 0.6) is 17.2 Å². The zero-order valence-electron chi connectivity index (χ0n) is 16.5. The van der Waals surface area contributed by atoms with Crippen LogP contribution in [0.25, 0.3) is 28.1 Å². The molecule has 30 heavy (non-hydrogen) atoms. The number of aryl methyl sites for hydroxylation is 1. The Balaban J connectivity index is 1.68. The maximum Gasteiger partial charge on any atom is 0.145 e. The highest BCUT2D eigenvalue weighted by molar-refractivity contribution is 5.84. The number of phenols is 1. The Bertz CT molecular complexity index is 1320. The van der Waals surface area contributed by atoms with Crippen LogP contribution in [0.2, 0.25) is 0 Å². The number of rotatable bonds is 4. The van der Waals surface area contributed by atoms with Crippen molar-refractivity contribution < 1.29 is 9.84 Å². The number of imidazole rings is 1. The van der Waals surface area contributed by atoms with Crippen molar-refractivity contribution in [3.63, 3.8) is 0 Å². The number of nitrogens with zero attached hydrogens (tertiary/aromatic N) is 2. The Kier molecular flexibility index (Phi) is 4.45. The van der Waals surface area contributed by atoms with Crippen molar-refractivity contribution in [2.24, 2.45) is 0 Å². The standard InChI is InChI=1S/C26H20N2O2/c1-18-10-12-20(13-11-18)28-25-17-23(30-22-9-5-8-21(29)16-22)14-15-24(25)27-26(28)19-6-3-2-4-7-19/h2-17,29H,1H3. The predicted octanol–water partition coefficient (Wildman–Crippen LogP) is 6.50. The molecule has 0 unspecified atom stereocenters. The van der Waals surface area contributed by atoms with Gasteiger partial charge in [0.2, 0.25) is 0 Å². The molecular formula is C26H20N2O2. The second-order valence-corrected chi connectivity index (χ2v) is 7.22. The molecule has 0 amide bonds. The van der Waals surface area contributed by atoms with Crippen LogP contribution < -0.4 is 4.74 Å². The Morgan fingerprint density at radius 2 is 1.53 bits per heavy atom. The lowest BCUT2D eigenvalue weighted by atomic mass is 10.2. The zero-order chi connectivity index (χ0) is 20.5. The van der Waals surface area contributed by atoms with Crippen molar-refractivity contribution in [3.05, 3.63) is 103 Å². The summed E-state index contributed by atoms with van der Waals surface area (Å²) < 4.78 is 8.14. The van der Waals surface area contributed by atoms with Crippen LogP contribution in [-0.4, -0.2) is 14.7 Å². The minimum Gasteiger partial charge on any atom is -0.508 e. The van der Waals surface area contributed by atoms with E-state index in [4.69, 9.17) is 9.72 Å². The third-order valence-electron chi connectivity index (χ3n) is 5.00. The number of benzene rings is 4. The van der Waals surface area contributed by atoms with E-state index < -0.39 is 0 Å². The smallest absolute Gasteiger partial charge is 0.145 e. The Morgan fingerprint density at radius 3 is 2.30 bits per heavy atom. The number of hydrogen-bond acceptors (Lipinski definition) is 3. The van der Waals surface area contributed by atoms with E-state index in [2.05, 4.69) is 47.9 Å². The molecule has 1 N–H and O–H groups in total. The quantitative estimate of drug-likeness (QED) is 0.380. The minimum atomic E-state index is 0.171. The number of phenolic OH excluding ortho intramolecular Hbond substituents is 1. The zero-order valence-corrected chi connectivity index (χ0v) is 16.5. The lowest BCUT2D eigenvalue weighted by Gasteiger charge is -2.11. The molecule has 0 radical (unpaired) electrons. The average molecular weight is 392 g/mol. The molecule has 1 heterocycles. The molecule has 0 spiro atoms. The molecule has 0 aliphatic rings. The summed E-state index contributed by atoms with van der Waals surface area (Å²) in [5.74, 6) is 2.31. The molecule has 0 aliphatic heterocycles. The molecule has 4 aromatic carbocycles. The average Bonchev–Trinajstić information content (AvgIpc) is 3.14. The third kappa shape index (κ3) is 3.40. The Labute approximate surface area is 174 Å². The van der Waals surface area contributed by atoms with Gasteiger partial charge in [-0.25, -0.2) is 4.98 Å². The monoisotopic (exact) mass is 392 g/mol. The first-order valence-corrected chi connectivity index (χ1v) is 9.79. The van der Waals surface area contributed by atoms with E-state index in [0.717, 1.165) is 28.1 Å². The SMILES string of the molecule is Cc1ccc(-n2c(-c3ccccc3)nc3ccc(Oc4cccc(O)c4)cc32)cc1. The van der Waals surface area contributed by atoms with E-state index in [1.165, 1.54) is 5.56 Å². The first-order chi connectivity index (χ1) is 14.7. The fourth-order valence-corrected chi connectivity index (χ4v) is 3.54. The van der Waals surface area contributed by atoms with E-state index in [1.807, 2.05) is 42.5 Å². The summed E-state index contributed by atoms with van der Waals surface area (Å²) in [5.41, 5.74) is 5.13. The van der Waals surface area contributed by atoms with Gasteiger partial charge >= 0.3 is 0 Å². The van der Waals surface area contributed by atoms with Gasteiger partial charge in [0.25, 0.3) is 0 Å². The van der Waals surface area contributed by atoms with Crippen LogP contribution in [0.3, 0.4) is 0 Å². The van der Waals surface area contributed by atoms with Crippen LogP contribution in [0, 0.1) is 6.92 Å². The van der Waals surface area contributed by atoms with Crippen molar-refractivity contribution >= 4 is 11.0 Å². The Hall–Kier alpha value is -4.05. The highest BCUT2D eigenvalue weighted by atomic mass is 16.5. The van der Waals surface area contributed by atoms with Crippen LogP contribution in [0.4, 0.5) is 0 Å². The highest BCUT2D eigenvalue weighted by Crippen LogP contribution is 2.32. The molecule has 0 bridgehead atoms. The first kappa shape index (κ1) is 18.0. The molecule has 4 heteroatoms. The molecule has 0 saturated carbocycles. The van der Waals surface area contributed by atoms with Crippen molar-refractivity contribution in [2.45, 2.75) is 6.92 Å². The number of aromatic nitrogens is 2. The molecule has 0 saturated heterocycles. The van der Waals surface area contributed by atoms with E-state index in [9.17, 15) is 5.11 Å². The molecule has 5 aromatic rings. The van der Waals surface area contributed by atoms with Gasteiger partial charge in [-0.3, -0.25) is 4.57 Å². The van der Waals surface area contributed by atoms with Crippen LogP contribution >= 0.6 is 0 Å². The summed E-state index contributed by atoms with van der Waals surface area (Å²) in [5, 5.41) is 9.71. The van der Waals surface area contributed by atoms with Crippen molar-refractivity contribution in [1.82, 2.24) is 9.55 Å². The predicted molar refractivity (Wildman–Crippen MR) is 119 cm³/mol. The van der Waals surface area contributed by atoms with Gasteiger partial charge in [0.15, 0.2) is 0 Å². The number of fused-ring (bicyclic) bond motifs is 1. The summed E-state index contributed by atoms with van der Waals surface area (Å²) in [6.45, 7) is 2.08. The summed E-state index contributed by atoms with van der Waals surface area (Å²) in [7, 11) is 0. The molecule has 5 rings (SSSR count). The second-order valence-electron chi connectivity index (χ2n) is 7.22. The normalized spacial score (nSPS) is 11.0. The summed E-state index contributed by atoms with van der Waals surface area (Å²) in [6.07, 6.45) is 0. The van der Waals surface area contributed by atoms with Crippen molar-refractivity contribution in [1.29, 1.82) is 0 Å². The van der Waals surface area contributed by atoms with Gasteiger partial charge in [-0.05, 0) is 43.3 Å². The second kappa shape index (κ2) is 7.41. The van der Waals surface area contributed by atoms with Crippen LogP contribution in [0.1, 0.15) is 5.56 Å². The Morgan fingerprint density at radius 1 is 0.767 bits per heavy atom. The van der Waals surface area contributed by atoms with Gasteiger partial charge < -0.3 is 9.84 Å². The fraction of sp³-hybridized carbons (Fsp3) is 0.0385. The maximum absolute atomic E-state index is 9.71. The lowest BCUT2D eigenvalue weighted by molar-refractivity contribution is 0.455. The summed E-state index contributed by atoms with van der Waals surface area (Å²) >= 11 is 0. The lowest BCUT2D eigenvalue weighted by Crippen LogP contribution is -1.97. The van der Waals surface area contributed by atoms with Crippen molar-refractivity contribution in [3.8, 4) is 34.3 Å². The summed E-state index contributed by atoms with van der Waals surface area (Å²) in [4.78, 5) is 4.91. The number of ether oxygens (including phenoxy) is 1. The van der Waals surface area contributed by atoms with E-state index in [0.29, 0.717) is 11.5 Å². The third-order valence-corrected chi connectivity index (χ3v) is 5.00. The first-order valence-electron chi connectivity index (χ1n) is 9.79. The van der Waals surface area contributed by atoms with Crippen LogP contribution in [-0.2, 0) is 0 Å². The highest BCUT2D eigenvalue weighted by Gasteiger charge is 2.15. The molecule has 0 fully saturated rings. The molecular weight excluding hydrogens is 372 g/mol. The van der Waals surface area contributed by atoms with Gasteiger partial charge in [0.1, 0.15) is 23.1 Å². The molecule has 1 aromatic heterocycles. The summed E-state index contributed by atoms with van der Waals surface area (Å²) in [6, 6.07) is 31.2. The minimum absolute atomic E-state index is 0.171. The largest absolute Gasteiger partial charge is 0.508 e. The molecule has 146 valence electrons. The van der Waals surface area contributed by atoms with Gasteiger partial charge in [-0.2, -0.15) is 0 Å². The van der Waals surface area contributed by atoms with Crippen LogP contribution in [0.15, 0.2) is 97.1 Å². The molecule has 0 aliphatic carbocycles. The number of hydrogen-bond donors (Lipinski definition) is 1. The topological polar surface area (TPSA) is 47.3 Å². The molecule has 4 nitrogen and oxygen atoms in total. The van der Waals surface area contributed by atoms with Gasteiger partial charge in [0, 0.05) is 23.4 Å². The van der Waals surface area contributed by atoms with Gasteiger partial charge in [-0.1, -0.05) is 54.1 Å². The maximum atomic E-state index is 9.71. The van der Waals surface area contributed by atoms with Crippen molar-refractivity contribution in [2.75, 3.05) is 0 Å². The van der Waals surface area contributed by atoms with Gasteiger partial charge in [-0.15, -0.1) is 0 Å². The van der Waals surface area contributed by atoms with E-state index >= 15 is 0 Å². The van der Waals surface area contributed by atoms with E-state index in [-0.39, 0.29) is 5.75 Å². The number of aromatic hydroxyl groups is 1. The van der Waals surface area contributed by atoms with E-state index in [1.54, 1.807) is 18.2 Å². The fourth-order valence-electron chi connectivity index (χ4n) is 3.54. The molecule has 0 atom stereocenters. The van der Waals surface area contributed by atoms with Gasteiger partial charge in [0.05, 0.1) is 11.0 Å².